The molecule has 3 aromatic heterocycles. The Bertz CT molecular complexity index is 1990. The van der Waals surface area contributed by atoms with Crippen LogP contribution in [-0.4, -0.2) is 41.0 Å². The van der Waals surface area contributed by atoms with Gasteiger partial charge in [-0.15, -0.1) is 0 Å². The predicted octanol–water partition coefficient (Wildman–Crippen LogP) is 6.50. The number of halogens is 4. The highest BCUT2D eigenvalue weighted by Gasteiger charge is 2.37. The van der Waals surface area contributed by atoms with Gasteiger partial charge in [-0.25, -0.2) is 9.50 Å². The number of aromatic nitrogens is 5. The topological polar surface area (TPSA) is 88.3 Å². The summed E-state index contributed by atoms with van der Waals surface area (Å²) in [6.45, 7) is 3.78. The lowest BCUT2D eigenvalue weighted by Gasteiger charge is -2.35. The third-order valence-electron chi connectivity index (χ3n) is 8.67. The SMILES string of the molecule is Cc1nc[nH]c1-c1ccc(-n2c(=O)c3c(n4ncc(CC5CC5)c24)CN(C(=O)c2ccc(Br)c(C(F)(F)F)c2)C(C)C3)cc1. The first-order valence-electron chi connectivity index (χ1n) is 14.4. The number of benzene rings is 2. The van der Waals surface area contributed by atoms with E-state index in [1.54, 1.807) is 21.6 Å². The van der Waals surface area contributed by atoms with E-state index in [9.17, 15) is 22.8 Å². The standard InChI is InChI=1S/C32H28BrF3N6O2/c1-17-11-24-27(15-40(17)30(43)21-7-10-26(33)25(13-21)32(34,35)36)42-29(22(14-39-42)12-19-3-4-19)41(31(24)44)23-8-5-20(6-9-23)28-18(2)37-16-38-28/h5-10,13-14,16-17,19H,3-4,11-12,15H2,1-2H3,(H,37,38). The molecule has 1 aliphatic heterocycles. The number of carbonyl (C=O) groups is 1. The molecule has 0 bridgehead atoms. The highest BCUT2D eigenvalue weighted by molar-refractivity contribution is 9.10. The number of fused-ring (bicyclic) bond motifs is 3. The van der Waals surface area contributed by atoms with E-state index in [0.29, 0.717) is 28.5 Å². The van der Waals surface area contributed by atoms with Crippen LogP contribution in [0.3, 0.4) is 0 Å². The first-order valence-corrected chi connectivity index (χ1v) is 15.2. The van der Waals surface area contributed by atoms with Crippen molar-refractivity contribution >= 4 is 27.5 Å². The smallest absolute Gasteiger partial charge is 0.344 e. The molecular formula is C32H28BrF3N6O2. The molecule has 0 saturated heterocycles. The number of nitrogens with one attached hydrogen (secondary N) is 1. The van der Waals surface area contributed by atoms with Crippen LogP contribution in [0.4, 0.5) is 13.2 Å². The number of H-pyrrole nitrogens is 1. The highest BCUT2D eigenvalue weighted by Crippen LogP contribution is 2.37. The molecule has 5 aromatic rings. The number of rotatable bonds is 5. The van der Waals surface area contributed by atoms with Crippen molar-refractivity contribution < 1.29 is 18.0 Å². The molecule has 1 unspecified atom stereocenters. The van der Waals surface area contributed by atoms with Crippen LogP contribution in [0.25, 0.3) is 22.6 Å². The summed E-state index contributed by atoms with van der Waals surface area (Å²) in [5.74, 6) is 0.000160. The average molecular weight is 666 g/mol. The number of hydrogen-bond donors (Lipinski definition) is 1. The summed E-state index contributed by atoms with van der Waals surface area (Å²) in [5.41, 5.74) is 4.97. The highest BCUT2D eigenvalue weighted by atomic mass is 79.9. The first kappa shape index (κ1) is 28.6. The minimum atomic E-state index is -4.62. The number of amides is 1. The molecule has 1 aliphatic carbocycles. The summed E-state index contributed by atoms with van der Waals surface area (Å²) in [7, 11) is 0. The van der Waals surface area contributed by atoms with Crippen molar-refractivity contribution in [2.75, 3.05) is 0 Å². The largest absolute Gasteiger partial charge is 0.417 e. The fraction of sp³-hybridized carbons (Fsp3) is 0.312. The average Bonchev–Trinajstić information content (AvgIpc) is 3.56. The van der Waals surface area contributed by atoms with E-state index in [4.69, 9.17) is 5.10 Å². The third kappa shape index (κ3) is 4.85. The van der Waals surface area contributed by atoms with Crippen molar-refractivity contribution in [2.45, 2.75) is 58.3 Å². The second kappa shape index (κ2) is 10.5. The van der Waals surface area contributed by atoms with Gasteiger partial charge in [-0.2, -0.15) is 18.3 Å². The van der Waals surface area contributed by atoms with E-state index >= 15 is 0 Å². The summed E-state index contributed by atoms with van der Waals surface area (Å²) in [6.07, 6.45) is 2.09. The van der Waals surface area contributed by atoms with Crippen LogP contribution in [-0.2, 0) is 25.6 Å². The van der Waals surface area contributed by atoms with Gasteiger partial charge in [0.1, 0.15) is 5.65 Å². The molecule has 1 N–H and O–H groups in total. The van der Waals surface area contributed by atoms with Crippen LogP contribution in [0.2, 0.25) is 0 Å². The van der Waals surface area contributed by atoms with Gasteiger partial charge in [0.05, 0.1) is 47.4 Å². The maximum atomic E-state index is 14.3. The Labute approximate surface area is 258 Å². The molecule has 12 heteroatoms. The van der Waals surface area contributed by atoms with Crippen molar-refractivity contribution in [1.82, 2.24) is 29.0 Å². The minimum Gasteiger partial charge on any atom is -0.344 e. The van der Waals surface area contributed by atoms with Gasteiger partial charge in [0.15, 0.2) is 0 Å². The molecule has 4 heterocycles. The van der Waals surface area contributed by atoms with Gasteiger partial charge in [0.25, 0.3) is 11.5 Å². The Morgan fingerprint density at radius 1 is 1.14 bits per heavy atom. The quantitative estimate of drug-likeness (QED) is 0.232. The number of nitrogens with zero attached hydrogens (tertiary/aromatic N) is 5. The number of aryl methyl sites for hydroxylation is 1. The lowest BCUT2D eigenvalue weighted by Crippen LogP contribution is -2.46. The monoisotopic (exact) mass is 664 g/mol. The van der Waals surface area contributed by atoms with E-state index in [2.05, 4.69) is 25.9 Å². The molecule has 226 valence electrons. The molecule has 1 fully saturated rings. The maximum Gasteiger partial charge on any atom is 0.417 e. The molecule has 1 saturated carbocycles. The van der Waals surface area contributed by atoms with Crippen LogP contribution < -0.4 is 5.56 Å². The van der Waals surface area contributed by atoms with E-state index in [-0.39, 0.29) is 28.6 Å². The number of alkyl halides is 3. The van der Waals surface area contributed by atoms with Gasteiger partial charge in [0.2, 0.25) is 0 Å². The van der Waals surface area contributed by atoms with Crippen LogP contribution >= 0.6 is 15.9 Å². The zero-order chi connectivity index (χ0) is 30.9. The molecular weight excluding hydrogens is 637 g/mol. The summed E-state index contributed by atoms with van der Waals surface area (Å²) < 4.78 is 44.1. The Morgan fingerprint density at radius 3 is 2.55 bits per heavy atom. The number of aromatic amines is 1. The van der Waals surface area contributed by atoms with Crippen molar-refractivity contribution in [2.24, 2.45) is 5.92 Å². The van der Waals surface area contributed by atoms with Crippen molar-refractivity contribution in [3.63, 3.8) is 0 Å². The van der Waals surface area contributed by atoms with Crippen LogP contribution in [0.15, 0.2) is 64.3 Å². The Hall–Kier alpha value is -4.19. The van der Waals surface area contributed by atoms with Crippen molar-refractivity contribution in [3.8, 4) is 16.9 Å². The van der Waals surface area contributed by atoms with E-state index in [0.717, 1.165) is 47.8 Å². The molecule has 1 atom stereocenters. The Kier molecular flexibility index (Phi) is 6.80. The normalized spacial score (nSPS) is 16.9. The lowest BCUT2D eigenvalue weighted by atomic mass is 9.97. The van der Waals surface area contributed by atoms with Gasteiger partial charge in [-0.3, -0.25) is 14.2 Å². The van der Waals surface area contributed by atoms with Crippen LogP contribution in [0.5, 0.6) is 0 Å². The fourth-order valence-electron chi connectivity index (χ4n) is 6.15. The maximum absolute atomic E-state index is 14.3. The molecule has 7 rings (SSSR count). The van der Waals surface area contributed by atoms with E-state index in [1.165, 1.54) is 17.0 Å². The minimum absolute atomic E-state index is 0.0436. The summed E-state index contributed by atoms with van der Waals surface area (Å²) >= 11 is 2.95. The van der Waals surface area contributed by atoms with E-state index < -0.39 is 23.7 Å². The summed E-state index contributed by atoms with van der Waals surface area (Å²) in [6, 6.07) is 10.8. The second-order valence-electron chi connectivity index (χ2n) is 11.7. The summed E-state index contributed by atoms with van der Waals surface area (Å²) in [5, 5.41) is 4.71. The van der Waals surface area contributed by atoms with Gasteiger partial charge in [-0.1, -0.05) is 28.1 Å². The van der Waals surface area contributed by atoms with Crippen LogP contribution in [0, 0.1) is 12.8 Å². The van der Waals surface area contributed by atoms with Gasteiger partial charge in [0, 0.05) is 27.2 Å². The third-order valence-corrected chi connectivity index (χ3v) is 9.37. The number of hydrogen-bond acceptors (Lipinski definition) is 4. The van der Waals surface area contributed by atoms with Crippen molar-refractivity contribution in [1.29, 1.82) is 0 Å². The Morgan fingerprint density at radius 2 is 1.89 bits per heavy atom. The second-order valence-corrected chi connectivity index (χ2v) is 12.6. The molecule has 0 radical (unpaired) electrons. The zero-order valence-corrected chi connectivity index (χ0v) is 25.5. The lowest BCUT2D eigenvalue weighted by molar-refractivity contribution is -0.138. The molecule has 2 aliphatic rings. The molecule has 2 aromatic carbocycles. The fourth-order valence-corrected chi connectivity index (χ4v) is 6.62. The van der Waals surface area contributed by atoms with Crippen molar-refractivity contribution in [3.05, 3.63) is 103 Å². The first-order chi connectivity index (χ1) is 21.0. The van der Waals surface area contributed by atoms with Gasteiger partial charge < -0.3 is 9.88 Å². The predicted molar refractivity (Wildman–Crippen MR) is 162 cm³/mol. The zero-order valence-electron chi connectivity index (χ0n) is 24.0. The number of carbonyl (C=O) groups excluding carboxylic acids is 1. The Balaban J connectivity index is 1.33. The molecule has 0 spiro atoms. The molecule has 8 nitrogen and oxygen atoms in total. The van der Waals surface area contributed by atoms with Crippen LogP contribution in [0.1, 0.15) is 58.2 Å². The molecule has 44 heavy (non-hydrogen) atoms. The summed E-state index contributed by atoms with van der Waals surface area (Å²) in [4.78, 5) is 36.9. The van der Waals surface area contributed by atoms with E-state index in [1.807, 2.05) is 38.1 Å². The number of imidazole rings is 1. The van der Waals surface area contributed by atoms with Gasteiger partial charge in [-0.05, 0) is 81.3 Å². The van der Waals surface area contributed by atoms with Gasteiger partial charge >= 0.3 is 6.18 Å². The molecule has 1 amide bonds.